The maximum atomic E-state index is 6.13. The van der Waals surface area contributed by atoms with Gasteiger partial charge in [0.05, 0.1) is 15.7 Å². The standard InChI is InChI=1S/C20H17Cl3N4O3/c1-11-7-12(2)27(26-11)6-5-18-24-25-20(30-18)17-4-3-14(29-17)10-28-19-15(22)8-13(21)9-16(19)23/h3-4,7-9H,5-6,10H2,1-2H3. The van der Waals surface area contributed by atoms with Crippen molar-refractivity contribution in [3.8, 4) is 17.4 Å². The predicted octanol–water partition coefficient (Wildman–Crippen LogP) is 5.92. The highest BCUT2D eigenvalue weighted by Crippen LogP contribution is 2.36. The number of aryl methyl sites for hydroxylation is 4. The molecule has 0 N–H and O–H groups in total. The summed E-state index contributed by atoms with van der Waals surface area (Å²) in [4.78, 5) is 0. The number of aromatic nitrogens is 4. The van der Waals surface area contributed by atoms with Crippen molar-refractivity contribution in [1.29, 1.82) is 0 Å². The molecule has 0 saturated carbocycles. The van der Waals surface area contributed by atoms with Crippen LogP contribution in [-0.2, 0) is 19.6 Å². The fourth-order valence-corrected chi connectivity index (χ4v) is 3.86. The summed E-state index contributed by atoms with van der Waals surface area (Å²) in [6, 6.07) is 8.64. The van der Waals surface area contributed by atoms with E-state index in [1.165, 1.54) is 0 Å². The summed E-state index contributed by atoms with van der Waals surface area (Å²) in [5.74, 6) is 2.14. The summed E-state index contributed by atoms with van der Waals surface area (Å²) < 4.78 is 19.0. The molecule has 0 aliphatic rings. The second-order valence-electron chi connectivity index (χ2n) is 6.65. The average Bonchev–Trinajstić information content (AvgIpc) is 3.39. The van der Waals surface area contributed by atoms with E-state index in [1.54, 1.807) is 24.3 Å². The molecule has 0 amide bonds. The van der Waals surface area contributed by atoms with E-state index in [-0.39, 0.29) is 6.61 Å². The maximum Gasteiger partial charge on any atom is 0.283 e. The van der Waals surface area contributed by atoms with Gasteiger partial charge in [-0.05, 0) is 44.2 Å². The van der Waals surface area contributed by atoms with Crippen molar-refractivity contribution in [1.82, 2.24) is 20.0 Å². The van der Waals surface area contributed by atoms with Crippen LogP contribution < -0.4 is 4.74 Å². The largest absolute Gasteiger partial charge is 0.483 e. The summed E-state index contributed by atoms with van der Waals surface area (Å²) in [5, 5.41) is 13.6. The van der Waals surface area contributed by atoms with E-state index in [9.17, 15) is 0 Å². The summed E-state index contributed by atoms with van der Waals surface area (Å²) in [5.41, 5.74) is 2.06. The highest BCUT2D eigenvalue weighted by molar-refractivity contribution is 6.40. The van der Waals surface area contributed by atoms with Crippen molar-refractivity contribution in [2.24, 2.45) is 0 Å². The first kappa shape index (κ1) is 20.8. The molecule has 0 atom stereocenters. The first-order chi connectivity index (χ1) is 14.4. The highest BCUT2D eigenvalue weighted by Gasteiger charge is 2.15. The van der Waals surface area contributed by atoms with Crippen LogP contribution in [0.25, 0.3) is 11.7 Å². The van der Waals surface area contributed by atoms with Gasteiger partial charge in [-0.15, -0.1) is 10.2 Å². The molecule has 1 aromatic carbocycles. The van der Waals surface area contributed by atoms with Gasteiger partial charge in [-0.1, -0.05) is 34.8 Å². The van der Waals surface area contributed by atoms with E-state index in [0.717, 1.165) is 11.4 Å². The molecule has 3 aromatic heterocycles. The Morgan fingerprint density at radius 2 is 1.77 bits per heavy atom. The first-order valence-electron chi connectivity index (χ1n) is 9.09. The summed E-state index contributed by atoms with van der Waals surface area (Å²) in [6.07, 6.45) is 0.569. The Hall–Kier alpha value is -2.48. The monoisotopic (exact) mass is 466 g/mol. The van der Waals surface area contributed by atoms with Crippen molar-refractivity contribution in [2.45, 2.75) is 33.4 Å². The van der Waals surface area contributed by atoms with Crippen LogP contribution in [0.4, 0.5) is 0 Å². The lowest BCUT2D eigenvalue weighted by Crippen LogP contribution is -2.05. The van der Waals surface area contributed by atoms with Crippen LogP contribution in [0.15, 0.2) is 39.2 Å². The summed E-state index contributed by atoms with van der Waals surface area (Å²) >= 11 is 18.2. The van der Waals surface area contributed by atoms with Crippen molar-refractivity contribution in [3.05, 3.63) is 68.4 Å². The van der Waals surface area contributed by atoms with Gasteiger partial charge < -0.3 is 13.6 Å². The average molecular weight is 468 g/mol. The minimum atomic E-state index is 0.125. The normalized spacial score (nSPS) is 11.2. The second-order valence-corrected chi connectivity index (χ2v) is 7.91. The second kappa shape index (κ2) is 8.71. The highest BCUT2D eigenvalue weighted by atomic mass is 35.5. The van der Waals surface area contributed by atoms with Crippen LogP contribution in [0.3, 0.4) is 0 Å². The Kier molecular flexibility index (Phi) is 6.04. The molecule has 0 spiro atoms. The minimum absolute atomic E-state index is 0.125. The van der Waals surface area contributed by atoms with E-state index in [2.05, 4.69) is 15.3 Å². The number of hydrogen-bond acceptors (Lipinski definition) is 6. The fraction of sp³-hybridized carbons (Fsp3) is 0.250. The van der Waals surface area contributed by atoms with E-state index >= 15 is 0 Å². The number of rotatable bonds is 7. The van der Waals surface area contributed by atoms with Crippen LogP contribution in [0.1, 0.15) is 23.0 Å². The molecule has 156 valence electrons. The SMILES string of the molecule is Cc1cc(C)n(CCc2nnc(-c3ccc(COc4c(Cl)cc(Cl)cc4Cl)o3)o2)n1. The summed E-state index contributed by atoms with van der Waals surface area (Å²) in [6.45, 7) is 4.75. The summed E-state index contributed by atoms with van der Waals surface area (Å²) in [7, 11) is 0. The van der Waals surface area contributed by atoms with Crippen molar-refractivity contribution >= 4 is 34.8 Å². The fourth-order valence-electron chi connectivity index (χ4n) is 2.94. The molecule has 7 nitrogen and oxygen atoms in total. The molecule has 0 bridgehead atoms. The first-order valence-corrected chi connectivity index (χ1v) is 10.2. The Bertz CT molecular complexity index is 1160. The number of furan rings is 1. The molecule has 0 fully saturated rings. The topological polar surface area (TPSA) is 79.1 Å². The Labute approximate surface area is 187 Å². The molecular formula is C20H17Cl3N4O3. The maximum absolute atomic E-state index is 6.13. The molecule has 4 rings (SSSR count). The van der Waals surface area contributed by atoms with Crippen LogP contribution >= 0.6 is 34.8 Å². The van der Waals surface area contributed by atoms with Gasteiger partial charge in [0.2, 0.25) is 5.89 Å². The van der Waals surface area contributed by atoms with E-state index in [0.29, 0.717) is 57.1 Å². The van der Waals surface area contributed by atoms with Crippen LogP contribution in [0, 0.1) is 13.8 Å². The smallest absolute Gasteiger partial charge is 0.283 e. The third-order valence-electron chi connectivity index (χ3n) is 4.30. The van der Waals surface area contributed by atoms with Crippen molar-refractivity contribution in [2.75, 3.05) is 0 Å². The number of hydrogen-bond donors (Lipinski definition) is 0. The Morgan fingerprint density at radius 3 is 2.47 bits per heavy atom. The molecule has 0 unspecified atom stereocenters. The van der Waals surface area contributed by atoms with Gasteiger partial charge in [0.25, 0.3) is 5.89 Å². The van der Waals surface area contributed by atoms with Gasteiger partial charge in [0, 0.05) is 23.7 Å². The van der Waals surface area contributed by atoms with Crippen LogP contribution in [0.5, 0.6) is 5.75 Å². The Balaban J connectivity index is 1.39. The van der Waals surface area contributed by atoms with Crippen LogP contribution in [0.2, 0.25) is 15.1 Å². The predicted molar refractivity (Wildman–Crippen MR) is 113 cm³/mol. The molecule has 3 heterocycles. The Morgan fingerprint density at radius 1 is 1.00 bits per heavy atom. The van der Waals surface area contributed by atoms with Gasteiger partial charge >= 0.3 is 0 Å². The quantitative estimate of drug-likeness (QED) is 0.335. The van der Waals surface area contributed by atoms with Crippen molar-refractivity contribution < 1.29 is 13.6 Å². The van der Waals surface area contributed by atoms with Gasteiger partial charge in [-0.2, -0.15) is 5.10 Å². The number of benzene rings is 1. The molecule has 0 saturated heterocycles. The molecule has 30 heavy (non-hydrogen) atoms. The lowest BCUT2D eigenvalue weighted by molar-refractivity contribution is 0.271. The van der Waals surface area contributed by atoms with Crippen molar-refractivity contribution in [3.63, 3.8) is 0 Å². The minimum Gasteiger partial charge on any atom is -0.483 e. The lowest BCUT2D eigenvalue weighted by Gasteiger charge is -2.08. The third kappa shape index (κ3) is 4.64. The molecular weight excluding hydrogens is 451 g/mol. The molecule has 10 heteroatoms. The molecule has 0 radical (unpaired) electrons. The van der Waals surface area contributed by atoms with Gasteiger partial charge in [0.1, 0.15) is 12.4 Å². The molecule has 4 aromatic rings. The number of halogens is 3. The van der Waals surface area contributed by atoms with Gasteiger partial charge in [0.15, 0.2) is 11.5 Å². The number of ether oxygens (including phenoxy) is 1. The van der Waals surface area contributed by atoms with E-state index in [4.69, 9.17) is 48.4 Å². The number of nitrogens with zero attached hydrogens (tertiary/aromatic N) is 4. The van der Waals surface area contributed by atoms with Crippen LogP contribution in [-0.4, -0.2) is 20.0 Å². The molecule has 0 aliphatic carbocycles. The van der Waals surface area contributed by atoms with E-state index < -0.39 is 0 Å². The van der Waals surface area contributed by atoms with Gasteiger partial charge in [-0.25, -0.2) is 0 Å². The zero-order chi connectivity index (χ0) is 21.3. The van der Waals surface area contributed by atoms with Gasteiger partial charge in [-0.3, -0.25) is 4.68 Å². The van der Waals surface area contributed by atoms with E-state index in [1.807, 2.05) is 24.6 Å². The molecule has 0 aliphatic heterocycles. The third-order valence-corrected chi connectivity index (χ3v) is 5.08. The zero-order valence-corrected chi connectivity index (χ0v) is 18.4. The zero-order valence-electron chi connectivity index (χ0n) is 16.2. The lowest BCUT2D eigenvalue weighted by atomic mass is 10.3.